The van der Waals surface area contributed by atoms with Crippen molar-refractivity contribution in [3.05, 3.63) is 30.7 Å². The van der Waals surface area contributed by atoms with Crippen LogP contribution in [0.2, 0.25) is 0 Å². The van der Waals surface area contributed by atoms with Crippen LogP contribution in [0.3, 0.4) is 0 Å². The lowest BCUT2D eigenvalue weighted by atomic mass is 9.85. The van der Waals surface area contributed by atoms with Crippen molar-refractivity contribution < 1.29 is 18.3 Å². The number of carbonyl (C=O) groups excluding carboxylic acids is 1. The third-order valence-corrected chi connectivity index (χ3v) is 8.50. The molecule has 0 radical (unpaired) electrons. The van der Waals surface area contributed by atoms with E-state index in [1.807, 2.05) is 34.0 Å². The lowest BCUT2D eigenvalue weighted by molar-refractivity contribution is -0.145. The molecule has 3 aliphatic rings. The zero-order valence-corrected chi connectivity index (χ0v) is 16.5. The van der Waals surface area contributed by atoms with Gasteiger partial charge in [0.2, 0.25) is 5.91 Å². The second kappa shape index (κ2) is 6.29. The number of sulfone groups is 1. The van der Waals surface area contributed by atoms with E-state index in [0.717, 1.165) is 23.7 Å². The molecule has 1 amide bonds. The molecular formula is C20H25N3O4S. The van der Waals surface area contributed by atoms with E-state index in [2.05, 4.69) is 4.98 Å². The van der Waals surface area contributed by atoms with Gasteiger partial charge in [0.15, 0.2) is 9.84 Å². The predicted octanol–water partition coefficient (Wildman–Crippen LogP) is 1.36. The van der Waals surface area contributed by atoms with Crippen molar-refractivity contribution in [2.24, 2.45) is 5.92 Å². The van der Waals surface area contributed by atoms with Crippen molar-refractivity contribution in [2.75, 3.05) is 11.5 Å². The van der Waals surface area contributed by atoms with Crippen LogP contribution in [0.25, 0.3) is 10.9 Å². The van der Waals surface area contributed by atoms with Crippen molar-refractivity contribution >= 4 is 26.6 Å². The Morgan fingerprint density at radius 2 is 1.96 bits per heavy atom. The normalized spacial score (nSPS) is 34.2. The first kappa shape index (κ1) is 18.1. The Morgan fingerprint density at radius 3 is 2.64 bits per heavy atom. The molecule has 0 aliphatic carbocycles. The van der Waals surface area contributed by atoms with Crippen LogP contribution in [0.5, 0.6) is 0 Å². The summed E-state index contributed by atoms with van der Waals surface area (Å²) in [6.45, 7) is 0.481. The standard InChI is InChI=1S/C20H25N3O4S/c24-19(15-5-8-28(26,27)12-15)23-16-1-2-17(23)10-20(25,9-16)13-22-7-4-14-3-6-21-11-18(14)22/h3-4,6-7,11,15-17,25H,1-2,5,8-10,12-13H2/t15-,16+,17+/m1/s1. The average Bonchev–Trinajstić information content (AvgIpc) is 3.30. The number of pyridine rings is 1. The largest absolute Gasteiger partial charge is 0.388 e. The fourth-order valence-corrected chi connectivity index (χ4v) is 7.23. The summed E-state index contributed by atoms with van der Waals surface area (Å²) in [5.74, 6) is -0.329. The molecule has 2 aromatic heterocycles. The molecular weight excluding hydrogens is 378 g/mol. The van der Waals surface area contributed by atoms with Crippen LogP contribution in [0.4, 0.5) is 0 Å². The number of hydrogen-bond donors (Lipinski definition) is 1. The van der Waals surface area contributed by atoms with Crippen LogP contribution in [0, 0.1) is 5.92 Å². The number of aliphatic hydroxyl groups is 1. The minimum Gasteiger partial charge on any atom is -0.388 e. The maximum absolute atomic E-state index is 13.0. The molecule has 3 fully saturated rings. The van der Waals surface area contributed by atoms with Crippen LogP contribution in [-0.2, 0) is 21.2 Å². The molecule has 7 nitrogen and oxygen atoms in total. The van der Waals surface area contributed by atoms with E-state index in [1.54, 1.807) is 6.20 Å². The van der Waals surface area contributed by atoms with Gasteiger partial charge in [0.05, 0.1) is 41.3 Å². The summed E-state index contributed by atoms with van der Waals surface area (Å²) in [4.78, 5) is 19.1. The molecule has 2 aromatic rings. The van der Waals surface area contributed by atoms with Gasteiger partial charge in [-0.25, -0.2) is 8.42 Å². The fourth-order valence-electron chi connectivity index (χ4n) is 5.50. The van der Waals surface area contributed by atoms with Gasteiger partial charge in [0.25, 0.3) is 0 Å². The number of nitrogens with zero attached hydrogens (tertiary/aromatic N) is 3. The monoisotopic (exact) mass is 403 g/mol. The van der Waals surface area contributed by atoms with Gasteiger partial charge in [-0.2, -0.15) is 0 Å². The summed E-state index contributed by atoms with van der Waals surface area (Å²) in [6, 6.07) is 3.98. The minimum atomic E-state index is -3.08. The third-order valence-electron chi connectivity index (χ3n) is 6.73. The molecule has 3 atom stereocenters. The predicted molar refractivity (Wildman–Crippen MR) is 104 cm³/mol. The minimum absolute atomic E-state index is 0.000458. The van der Waals surface area contributed by atoms with E-state index in [0.29, 0.717) is 25.8 Å². The molecule has 0 unspecified atom stereocenters. The highest BCUT2D eigenvalue weighted by molar-refractivity contribution is 7.91. The van der Waals surface area contributed by atoms with Crippen LogP contribution in [0.15, 0.2) is 30.7 Å². The highest BCUT2D eigenvalue weighted by atomic mass is 32.2. The average molecular weight is 404 g/mol. The third kappa shape index (κ3) is 3.03. The summed E-state index contributed by atoms with van der Waals surface area (Å²) >= 11 is 0. The van der Waals surface area contributed by atoms with E-state index in [-0.39, 0.29) is 29.5 Å². The van der Waals surface area contributed by atoms with Crippen molar-refractivity contribution in [3.63, 3.8) is 0 Å². The number of amides is 1. The van der Waals surface area contributed by atoms with Crippen LogP contribution in [0.1, 0.15) is 32.1 Å². The number of piperidine rings is 1. The highest BCUT2D eigenvalue weighted by Crippen LogP contribution is 2.43. The molecule has 0 spiro atoms. The summed E-state index contributed by atoms with van der Waals surface area (Å²) in [7, 11) is -3.08. The number of hydrogen-bond acceptors (Lipinski definition) is 5. The van der Waals surface area contributed by atoms with Crippen molar-refractivity contribution in [3.8, 4) is 0 Å². The number of rotatable bonds is 3. The zero-order chi connectivity index (χ0) is 19.5. The molecule has 150 valence electrons. The molecule has 0 aromatic carbocycles. The fraction of sp³-hybridized carbons (Fsp3) is 0.600. The Hall–Kier alpha value is -1.93. The van der Waals surface area contributed by atoms with Gasteiger partial charge < -0.3 is 14.6 Å². The van der Waals surface area contributed by atoms with Crippen LogP contribution in [-0.4, -0.2) is 63.1 Å². The summed E-state index contributed by atoms with van der Waals surface area (Å²) in [5.41, 5.74) is 0.129. The maximum Gasteiger partial charge on any atom is 0.227 e. The second-order valence-electron chi connectivity index (χ2n) is 8.74. The number of carbonyl (C=O) groups is 1. The smallest absolute Gasteiger partial charge is 0.227 e. The van der Waals surface area contributed by atoms with Gasteiger partial charge in [-0.05, 0) is 44.2 Å². The van der Waals surface area contributed by atoms with Crippen molar-refractivity contribution in [1.82, 2.24) is 14.5 Å². The van der Waals surface area contributed by atoms with Crippen LogP contribution >= 0.6 is 0 Å². The van der Waals surface area contributed by atoms with Gasteiger partial charge in [-0.15, -0.1) is 0 Å². The topological polar surface area (TPSA) is 92.5 Å². The first-order valence-corrected chi connectivity index (χ1v) is 11.8. The Balaban J connectivity index is 1.34. The van der Waals surface area contributed by atoms with E-state index in [9.17, 15) is 18.3 Å². The first-order valence-electron chi connectivity index (χ1n) is 9.97. The quantitative estimate of drug-likeness (QED) is 0.835. The molecule has 2 bridgehead atoms. The van der Waals surface area contributed by atoms with Gasteiger partial charge in [-0.3, -0.25) is 9.78 Å². The summed E-state index contributed by atoms with van der Waals surface area (Å²) in [6.07, 6.45) is 8.82. The van der Waals surface area contributed by atoms with Gasteiger partial charge in [0, 0.05) is 29.9 Å². The number of aromatic nitrogens is 2. The lowest BCUT2D eigenvalue weighted by Crippen LogP contribution is -2.56. The first-order chi connectivity index (χ1) is 13.3. The zero-order valence-electron chi connectivity index (χ0n) is 15.7. The molecule has 5 rings (SSSR count). The second-order valence-corrected chi connectivity index (χ2v) is 11.0. The Bertz CT molecular complexity index is 1020. The van der Waals surface area contributed by atoms with Crippen LogP contribution < -0.4 is 0 Å². The van der Waals surface area contributed by atoms with Crippen molar-refractivity contribution in [2.45, 2.75) is 56.3 Å². The molecule has 5 heterocycles. The van der Waals surface area contributed by atoms with E-state index in [1.165, 1.54) is 0 Å². The van der Waals surface area contributed by atoms with E-state index in [4.69, 9.17) is 0 Å². The molecule has 1 N–H and O–H groups in total. The Labute approximate surface area is 164 Å². The summed E-state index contributed by atoms with van der Waals surface area (Å²) < 4.78 is 25.6. The molecule has 0 saturated carbocycles. The lowest BCUT2D eigenvalue weighted by Gasteiger charge is -2.44. The van der Waals surface area contributed by atoms with Gasteiger partial charge in [-0.1, -0.05) is 0 Å². The van der Waals surface area contributed by atoms with E-state index < -0.39 is 21.4 Å². The van der Waals surface area contributed by atoms with Crippen molar-refractivity contribution in [1.29, 1.82) is 0 Å². The molecule has 8 heteroatoms. The highest BCUT2D eigenvalue weighted by Gasteiger charge is 2.51. The number of fused-ring (bicyclic) bond motifs is 3. The molecule has 28 heavy (non-hydrogen) atoms. The molecule has 3 aliphatic heterocycles. The SMILES string of the molecule is O=C([C@@H]1CCS(=O)(=O)C1)N1[C@H]2CC[C@H]1CC(O)(Cn1ccc3ccncc31)C2. The summed E-state index contributed by atoms with van der Waals surface area (Å²) in [5, 5.41) is 12.5. The van der Waals surface area contributed by atoms with Gasteiger partial charge in [0.1, 0.15) is 0 Å². The maximum atomic E-state index is 13.0. The van der Waals surface area contributed by atoms with Gasteiger partial charge >= 0.3 is 0 Å². The molecule has 3 saturated heterocycles. The Kier molecular flexibility index (Phi) is 4.07. The van der Waals surface area contributed by atoms with E-state index >= 15 is 0 Å². The Morgan fingerprint density at radius 1 is 1.21 bits per heavy atom.